The molecule has 1 N–H and O–H groups in total. The predicted molar refractivity (Wildman–Crippen MR) is 123 cm³/mol. The number of benzene rings is 1. The number of nitrogens with one attached hydrogen (secondary N) is 1. The van der Waals surface area contributed by atoms with Crippen molar-refractivity contribution < 1.29 is 28.6 Å². The van der Waals surface area contributed by atoms with Crippen LogP contribution in [0.5, 0.6) is 0 Å². The lowest BCUT2D eigenvalue weighted by molar-refractivity contribution is -0.141. The van der Waals surface area contributed by atoms with E-state index in [4.69, 9.17) is 14.2 Å². The standard InChI is InChI=1S/C26H33NO6/c1-6-11-32-12-13-33-25(30)21-16(2)27-19-14-26(3,4)15-20(28)23(19)22(21)17-7-9-18(10-8-17)24(29)31-5/h7-10,22,27H,6,11-15H2,1-5H3. The molecule has 1 unspecified atom stereocenters. The largest absolute Gasteiger partial charge is 0.465 e. The lowest BCUT2D eigenvalue weighted by atomic mass is 9.68. The first kappa shape index (κ1) is 24.7. The van der Waals surface area contributed by atoms with Crippen LogP contribution in [0.2, 0.25) is 0 Å². The van der Waals surface area contributed by atoms with E-state index in [0.717, 1.165) is 17.7 Å². The Balaban J connectivity index is 1.98. The van der Waals surface area contributed by atoms with Crippen molar-refractivity contribution in [3.8, 4) is 0 Å². The second-order valence-corrected chi connectivity index (χ2v) is 9.29. The van der Waals surface area contributed by atoms with Crippen LogP contribution in [0.25, 0.3) is 0 Å². The van der Waals surface area contributed by atoms with Gasteiger partial charge in [-0.2, -0.15) is 0 Å². The molecule has 7 heteroatoms. The van der Waals surface area contributed by atoms with E-state index in [1.54, 1.807) is 24.3 Å². The number of allylic oxidation sites excluding steroid dienone is 3. The normalized spacial score (nSPS) is 19.7. The average Bonchev–Trinajstić information content (AvgIpc) is 2.76. The molecule has 0 fully saturated rings. The van der Waals surface area contributed by atoms with Gasteiger partial charge in [-0.3, -0.25) is 4.79 Å². The van der Waals surface area contributed by atoms with Gasteiger partial charge < -0.3 is 19.5 Å². The van der Waals surface area contributed by atoms with Gasteiger partial charge in [0.1, 0.15) is 6.61 Å². The number of rotatable bonds is 8. The summed E-state index contributed by atoms with van der Waals surface area (Å²) in [6.45, 7) is 9.03. The van der Waals surface area contributed by atoms with E-state index in [9.17, 15) is 14.4 Å². The highest BCUT2D eigenvalue weighted by atomic mass is 16.6. The third-order valence-corrected chi connectivity index (χ3v) is 5.93. The number of Topliss-reactive ketones (excluding diaryl/α,β-unsaturated/α-hetero) is 1. The molecule has 0 bridgehead atoms. The second kappa shape index (κ2) is 10.3. The fraction of sp³-hybridized carbons (Fsp3) is 0.500. The summed E-state index contributed by atoms with van der Waals surface area (Å²) >= 11 is 0. The molecule has 1 aromatic rings. The van der Waals surface area contributed by atoms with Crippen LogP contribution in [-0.4, -0.2) is 44.7 Å². The first-order valence-corrected chi connectivity index (χ1v) is 11.4. The van der Waals surface area contributed by atoms with Gasteiger partial charge >= 0.3 is 11.9 Å². The van der Waals surface area contributed by atoms with Crippen molar-refractivity contribution >= 4 is 17.7 Å². The number of hydrogen-bond acceptors (Lipinski definition) is 7. The zero-order chi connectivity index (χ0) is 24.2. The van der Waals surface area contributed by atoms with E-state index < -0.39 is 17.9 Å². The summed E-state index contributed by atoms with van der Waals surface area (Å²) in [5.41, 5.74) is 3.50. The van der Waals surface area contributed by atoms with Crippen LogP contribution >= 0.6 is 0 Å². The molecule has 0 amide bonds. The van der Waals surface area contributed by atoms with Gasteiger partial charge in [-0.25, -0.2) is 9.59 Å². The van der Waals surface area contributed by atoms with Crippen LogP contribution in [0.4, 0.5) is 0 Å². The molecule has 1 aromatic carbocycles. The molecule has 0 radical (unpaired) electrons. The summed E-state index contributed by atoms with van der Waals surface area (Å²) in [5.74, 6) is -1.48. The van der Waals surface area contributed by atoms with Gasteiger partial charge in [0.2, 0.25) is 0 Å². The number of hydrogen-bond donors (Lipinski definition) is 1. The molecule has 2 aliphatic rings. The van der Waals surface area contributed by atoms with Crippen LogP contribution in [0.3, 0.4) is 0 Å². The third-order valence-electron chi connectivity index (χ3n) is 5.93. The van der Waals surface area contributed by atoms with E-state index in [0.29, 0.717) is 48.5 Å². The van der Waals surface area contributed by atoms with Crippen LogP contribution in [0.1, 0.15) is 68.8 Å². The van der Waals surface area contributed by atoms with E-state index in [2.05, 4.69) is 19.2 Å². The molecule has 0 saturated carbocycles. The molecule has 1 aliphatic carbocycles. The highest BCUT2D eigenvalue weighted by Gasteiger charge is 2.43. The molecule has 0 aromatic heterocycles. The molecule has 7 nitrogen and oxygen atoms in total. The summed E-state index contributed by atoms with van der Waals surface area (Å²) in [6, 6.07) is 6.84. The predicted octanol–water partition coefficient (Wildman–Crippen LogP) is 4.05. The summed E-state index contributed by atoms with van der Waals surface area (Å²) in [5, 5.41) is 3.32. The summed E-state index contributed by atoms with van der Waals surface area (Å²) in [7, 11) is 1.33. The second-order valence-electron chi connectivity index (χ2n) is 9.29. The Morgan fingerprint density at radius 1 is 1.06 bits per heavy atom. The lowest BCUT2D eigenvalue weighted by Gasteiger charge is -2.39. The number of methoxy groups -OCH3 is 1. The minimum Gasteiger partial charge on any atom is -0.465 e. The van der Waals surface area contributed by atoms with Crippen molar-refractivity contribution in [3.63, 3.8) is 0 Å². The van der Waals surface area contributed by atoms with Crippen molar-refractivity contribution in [1.29, 1.82) is 0 Å². The van der Waals surface area contributed by atoms with E-state index in [1.165, 1.54) is 7.11 Å². The molecule has 33 heavy (non-hydrogen) atoms. The summed E-state index contributed by atoms with van der Waals surface area (Å²) in [6.07, 6.45) is 1.99. The molecule has 0 spiro atoms. The van der Waals surface area contributed by atoms with E-state index in [1.807, 2.05) is 13.8 Å². The number of carbonyl (C=O) groups is 3. The van der Waals surface area contributed by atoms with Gasteiger partial charge in [0.25, 0.3) is 0 Å². The summed E-state index contributed by atoms with van der Waals surface area (Å²) in [4.78, 5) is 38.3. The number of ketones is 1. The molecule has 1 heterocycles. The Morgan fingerprint density at radius 2 is 1.76 bits per heavy atom. The number of carbonyl (C=O) groups excluding carboxylic acids is 3. The maximum Gasteiger partial charge on any atom is 0.337 e. The fourth-order valence-electron chi connectivity index (χ4n) is 4.49. The minimum absolute atomic E-state index is 0.0138. The Kier molecular flexibility index (Phi) is 7.74. The molecular formula is C26H33NO6. The minimum atomic E-state index is -0.569. The lowest BCUT2D eigenvalue weighted by Crippen LogP contribution is -2.38. The van der Waals surface area contributed by atoms with Gasteiger partial charge in [0.15, 0.2) is 5.78 Å². The Labute approximate surface area is 195 Å². The average molecular weight is 456 g/mol. The van der Waals surface area contributed by atoms with Gasteiger partial charge in [-0.15, -0.1) is 0 Å². The zero-order valence-electron chi connectivity index (χ0n) is 20.1. The first-order chi connectivity index (χ1) is 15.7. The number of dihydropyridines is 1. The highest BCUT2D eigenvalue weighted by Crippen LogP contribution is 2.46. The fourth-order valence-corrected chi connectivity index (χ4v) is 4.49. The molecule has 178 valence electrons. The number of ether oxygens (including phenoxy) is 3. The van der Waals surface area contributed by atoms with Crippen LogP contribution in [0.15, 0.2) is 46.8 Å². The third kappa shape index (κ3) is 5.53. The maximum absolute atomic E-state index is 13.3. The van der Waals surface area contributed by atoms with Crippen molar-refractivity contribution in [3.05, 3.63) is 57.9 Å². The quantitative estimate of drug-likeness (QED) is 0.467. The van der Waals surface area contributed by atoms with E-state index in [-0.39, 0.29) is 17.8 Å². The van der Waals surface area contributed by atoms with Gasteiger partial charge in [0.05, 0.1) is 24.9 Å². The van der Waals surface area contributed by atoms with E-state index >= 15 is 0 Å². The molecular weight excluding hydrogens is 422 g/mol. The van der Waals surface area contributed by atoms with Gasteiger partial charge in [-0.1, -0.05) is 32.9 Å². The SMILES string of the molecule is CCCOCCOC(=O)C1=C(C)NC2=C(C(=O)CC(C)(C)C2)C1c1ccc(C(=O)OC)cc1. The smallest absolute Gasteiger partial charge is 0.337 e. The molecule has 1 aliphatic heterocycles. The molecule has 3 rings (SSSR count). The number of esters is 2. The first-order valence-electron chi connectivity index (χ1n) is 11.4. The topological polar surface area (TPSA) is 90.9 Å². The van der Waals surface area contributed by atoms with Gasteiger partial charge in [0, 0.05) is 35.9 Å². The maximum atomic E-state index is 13.3. The van der Waals surface area contributed by atoms with Crippen molar-refractivity contribution in [1.82, 2.24) is 5.32 Å². The Hall–Kier alpha value is -2.93. The van der Waals surface area contributed by atoms with Crippen molar-refractivity contribution in [2.45, 2.75) is 52.9 Å². The summed E-state index contributed by atoms with van der Waals surface area (Å²) < 4.78 is 15.7. The van der Waals surface area contributed by atoms with Crippen LogP contribution in [-0.2, 0) is 23.8 Å². The highest BCUT2D eigenvalue weighted by molar-refractivity contribution is 6.04. The van der Waals surface area contributed by atoms with Crippen LogP contribution in [0, 0.1) is 5.41 Å². The molecule has 1 atom stereocenters. The van der Waals surface area contributed by atoms with Crippen molar-refractivity contribution in [2.75, 3.05) is 26.9 Å². The van der Waals surface area contributed by atoms with Gasteiger partial charge in [-0.05, 0) is 42.9 Å². The Morgan fingerprint density at radius 3 is 2.39 bits per heavy atom. The van der Waals surface area contributed by atoms with Crippen LogP contribution < -0.4 is 5.32 Å². The monoisotopic (exact) mass is 455 g/mol. The zero-order valence-corrected chi connectivity index (χ0v) is 20.1. The molecule has 0 saturated heterocycles. The Bertz CT molecular complexity index is 987. The van der Waals surface area contributed by atoms with Crippen molar-refractivity contribution in [2.24, 2.45) is 5.41 Å².